The minimum Gasteiger partial charge on any atom is -0.367 e. The number of primary amides is 1. The van der Waals surface area contributed by atoms with E-state index in [0.717, 1.165) is 42.9 Å². The molecule has 0 saturated carbocycles. The van der Waals surface area contributed by atoms with Crippen LogP contribution in [0.5, 0.6) is 0 Å². The summed E-state index contributed by atoms with van der Waals surface area (Å²) >= 11 is 0. The summed E-state index contributed by atoms with van der Waals surface area (Å²) in [5.74, 6) is 7.33. The number of aryl methyl sites for hydroxylation is 1. The minimum atomic E-state index is -0.491. The summed E-state index contributed by atoms with van der Waals surface area (Å²) in [6, 6.07) is 5.47. The number of carbonyl (C=O) groups is 1. The molecule has 0 radical (unpaired) electrons. The Morgan fingerprint density at radius 3 is 2.65 bits per heavy atom. The summed E-state index contributed by atoms with van der Waals surface area (Å²) in [5.41, 5.74) is 8.35. The van der Waals surface area contributed by atoms with Gasteiger partial charge in [-0.25, -0.2) is 14.3 Å². The van der Waals surface area contributed by atoms with Crippen molar-refractivity contribution in [2.45, 2.75) is 26.7 Å². The fraction of sp³-hybridized carbons (Fsp3) is 0.500. The lowest BCUT2D eigenvalue weighted by Crippen LogP contribution is -2.44. The number of hydrogen-bond donors (Lipinski definition) is 1. The number of nitrogens with zero attached hydrogens (tertiary/aromatic N) is 4. The molecule has 2 heterocycles. The molecule has 1 aliphatic heterocycles. The fourth-order valence-electron chi connectivity index (χ4n) is 3.30. The van der Waals surface area contributed by atoms with E-state index in [-0.39, 0.29) is 0 Å². The molecule has 0 unspecified atom stereocenters. The van der Waals surface area contributed by atoms with E-state index < -0.39 is 6.03 Å². The Morgan fingerprint density at radius 1 is 1.27 bits per heavy atom. The third kappa shape index (κ3) is 3.83. The zero-order valence-corrected chi connectivity index (χ0v) is 15.8. The number of benzene rings is 1. The summed E-state index contributed by atoms with van der Waals surface area (Å²) in [6.45, 7) is 8.07. The number of carbonyl (C=O) groups excluding carboxylic acids is 1. The Morgan fingerprint density at radius 2 is 2.00 bits per heavy atom. The highest BCUT2D eigenvalue weighted by Crippen LogP contribution is 2.28. The van der Waals surface area contributed by atoms with Crippen molar-refractivity contribution in [3.63, 3.8) is 0 Å². The molecule has 1 amide bonds. The molecule has 6 nitrogen and oxygen atoms in total. The third-order valence-electron chi connectivity index (χ3n) is 4.66. The minimum absolute atomic E-state index is 0.341. The van der Waals surface area contributed by atoms with E-state index in [9.17, 15) is 4.79 Å². The topological polar surface area (TPSA) is 67.4 Å². The van der Waals surface area contributed by atoms with Gasteiger partial charge >= 0.3 is 6.03 Å². The van der Waals surface area contributed by atoms with Crippen molar-refractivity contribution in [3.05, 3.63) is 24.0 Å². The smallest absolute Gasteiger partial charge is 0.324 e. The Bertz CT molecular complexity index is 850. The van der Waals surface area contributed by atoms with Crippen LogP contribution >= 0.6 is 0 Å². The Labute approximate surface area is 155 Å². The first-order chi connectivity index (χ1) is 12.5. The monoisotopic (exact) mass is 353 g/mol. The number of likely N-dealkylation sites (N-methyl/N-ethyl adjacent to an activating group) is 1. The lowest BCUT2D eigenvalue weighted by Gasteiger charge is -2.34. The van der Waals surface area contributed by atoms with Crippen LogP contribution < -0.4 is 10.6 Å². The van der Waals surface area contributed by atoms with E-state index >= 15 is 0 Å². The number of rotatable bonds is 3. The van der Waals surface area contributed by atoms with Crippen molar-refractivity contribution in [2.75, 3.05) is 38.1 Å². The van der Waals surface area contributed by atoms with Gasteiger partial charge in [0.15, 0.2) is 0 Å². The van der Waals surface area contributed by atoms with Crippen LogP contribution in [-0.2, 0) is 6.42 Å². The first-order valence-electron chi connectivity index (χ1n) is 9.19. The van der Waals surface area contributed by atoms with Gasteiger partial charge in [0.1, 0.15) is 11.3 Å². The molecule has 26 heavy (non-hydrogen) atoms. The predicted octanol–water partition coefficient (Wildman–Crippen LogP) is 2.31. The van der Waals surface area contributed by atoms with Gasteiger partial charge in [-0.05, 0) is 19.2 Å². The maximum Gasteiger partial charge on any atom is 0.324 e. The van der Waals surface area contributed by atoms with Gasteiger partial charge in [-0.3, -0.25) is 0 Å². The number of para-hydroxylation sites is 1. The van der Waals surface area contributed by atoms with Gasteiger partial charge in [-0.15, -0.1) is 11.8 Å². The number of hydrogen-bond acceptors (Lipinski definition) is 4. The van der Waals surface area contributed by atoms with E-state index in [0.29, 0.717) is 24.6 Å². The quantitative estimate of drug-likeness (QED) is 0.860. The number of imidazole rings is 1. The zero-order chi connectivity index (χ0) is 18.7. The van der Waals surface area contributed by atoms with Crippen LogP contribution in [0.4, 0.5) is 10.5 Å². The van der Waals surface area contributed by atoms with E-state index in [1.165, 1.54) is 4.57 Å². The molecule has 138 valence electrons. The number of piperazine rings is 1. The first kappa shape index (κ1) is 18.3. The second-order valence-electron chi connectivity index (χ2n) is 7.11. The maximum absolute atomic E-state index is 12.1. The van der Waals surface area contributed by atoms with Gasteiger partial charge in [-0.1, -0.05) is 19.9 Å². The lowest BCUT2D eigenvalue weighted by atomic mass is 10.2. The predicted molar refractivity (Wildman–Crippen MR) is 105 cm³/mol. The van der Waals surface area contributed by atoms with Crippen molar-refractivity contribution in [3.8, 4) is 11.8 Å². The van der Waals surface area contributed by atoms with Crippen LogP contribution in [0.2, 0.25) is 0 Å². The molecule has 0 bridgehead atoms. The standard InChI is InChI=1S/C20H27N5O/c1-15(2)7-4-5-10-18-22-19-16(24-13-11-23(3)12-14-24)8-6-9-17(19)25(18)20(21)26/h6,8-9,15H,5,10-14H2,1-3H3,(H2,21,26). The zero-order valence-electron chi connectivity index (χ0n) is 15.8. The molecule has 3 rings (SSSR count). The Hall–Kier alpha value is -2.52. The van der Waals surface area contributed by atoms with Crippen LogP contribution in [0.3, 0.4) is 0 Å². The Kier molecular flexibility index (Phi) is 5.48. The molecular weight excluding hydrogens is 326 g/mol. The van der Waals surface area contributed by atoms with Crippen molar-refractivity contribution in [2.24, 2.45) is 11.7 Å². The van der Waals surface area contributed by atoms with Crippen LogP contribution in [0, 0.1) is 17.8 Å². The number of fused-ring (bicyclic) bond motifs is 1. The van der Waals surface area contributed by atoms with Crippen LogP contribution in [0.1, 0.15) is 26.1 Å². The van der Waals surface area contributed by atoms with E-state index in [1.807, 2.05) is 12.1 Å². The highest BCUT2D eigenvalue weighted by atomic mass is 16.2. The second-order valence-corrected chi connectivity index (χ2v) is 7.11. The number of nitrogens with two attached hydrogens (primary N) is 1. The third-order valence-corrected chi connectivity index (χ3v) is 4.66. The average Bonchev–Trinajstić information content (AvgIpc) is 2.98. The van der Waals surface area contributed by atoms with Gasteiger partial charge < -0.3 is 15.5 Å². The molecule has 6 heteroatoms. The van der Waals surface area contributed by atoms with Gasteiger partial charge in [0, 0.05) is 44.9 Å². The number of anilines is 1. The summed E-state index contributed by atoms with van der Waals surface area (Å²) in [7, 11) is 2.13. The molecular formula is C20H27N5O. The Balaban J connectivity index is 1.96. The molecule has 1 fully saturated rings. The molecule has 2 aromatic rings. The fourth-order valence-corrected chi connectivity index (χ4v) is 3.30. The summed E-state index contributed by atoms with van der Waals surface area (Å²) in [6.07, 6.45) is 1.28. The van der Waals surface area contributed by atoms with Crippen molar-refractivity contribution in [1.82, 2.24) is 14.5 Å². The lowest BCUT2D eigenvalue weighted by molar-refractivity contribution is 0.250. The molecule has 2 N–H and O–H groups in total. The first-order valence-corrected chi connectivity index (χ1v) is 9.19. The number of aromatic nitrogens is 2. The molecule has 0 aliphatic carbocycles. The molecule has 1 aliphatic rings. The van der Waals surface area contributed by atoms with Gasteiger partial charge in [-0.2, -0.15) is 0 Å². The van der Waals surface area contributed by atoms with Crippen LogP contribution in [0.15, 0.2) is 18.2 Å². The molecule has 1 aromatic heterocycles. The van der Waals surface area contributed by atoms with Gasteiger partial charge in [0.05, 0.1) is 11.2 Å². The van der Waals surface area contributed by atoms with Gasteiger partial charge in [0.25, 0.3) is 0 Å². The van der Waals surface area contributed by atoms with E-state index in [2.05, 4.69) is 48.6 Å². The van der Waals surface area contributed by atoms with Crippen LogP contribution in [0.25, 0.3) is 11.0 Å². The highest BCUT2D eigenvalue weighted by molar-refractivity contribution is 5.95. The second kappa shape index (κ2) is 7.79. The van der Waals surface area contributed by atoms with E-state index in [4.69, 9.17) is 10.7 Å². The molecule has 0 spiro atoms. The van der Waals surface area contributed by atoms with Crippen molar-refractivity contribution >= 4 is 22.8 Å². The highest BCUT2D eigenvalue weighted by Gasteiger charge is 2.21. The van der Waals surface area contributed by atoms with Crippen molar-refractivity contribution < 1.29 is 4.79 Å². The SMILES string of the molecule is CC(C)C#CCCc1nc2c(N3CCN(C)CC3)cccc2n1C(N)=O. The van der Waals surface area contributed by atoms with Gasteiger partial charge in [0.2, 0.25) is 0 Å². The normalized spacial score (nSPS) is 15.3. The molecule has 1 saturated heterocycles. The maximum atomic E-state index is 12.1. The van der Waals surface area contributed by atoms with E-state index in [1.54, 1.807) is 0 Å². The summed E-state index contributed by atoms with van der Waals surface area (Å²) in [5, 5.41) is 0. The summed E-state index contributed by atoms with van der Waals surface area (Å²) < 4.78 is 1.53. The average molecular weight is 353 g/mol. The molecule has 1 aromatic carbocycles. The molecule has 0 atom stereocenters. The summed E-state index contributed by atoms with van der Waals surface area (Å²) in [4.78, 5) is 21.5. The largest absolute Gasteiger partial charge is 0.367 e. The number of amides is 1. The van der Waals surface area contributed by atoms with Crippen LogP contribution in [-0.4, -0.2) is 53.7 Å². The van der Waals surface area contributed by atoms with Crippen molar-refractivity contribution in [1.29, 1.82) is 0 Å².